The highest BCUT2D eigenvalue weighted by Gasteiger charge is 2.37. The Morgan fingerprint density at radius 2 is 1.83 bits per heavy atom. The molecule has 1 aromatic heterocycles. The van der Waals surface area contributed by atoms with Gasteiger partial charge in [-0.1, -0.05) is 30.3 Å². The second-order valence-corrected chi connectivity index (χ2v) is 9.07. The monoisotopic (exact) mass is 490 g/mol. The van der Waals surface area contributed by atoms with Gasteiger partial charge in [-0.15, -0.1) is 0 Å². The van der Waals surface area contributed by atoms with Gasteiger partial charge in [-0.25, -0.2) is 9.78 Å². The van der Waals surface area contributed by atoms with E-state index in [1.807, 2.05) is 55.1 Å². The summed E-state index contributed by atoms with van der Waals surface area (Å²) in [5.41, 5.74) is 3.17. The molecule has 9 nitrogen and oxygen atoms in total. The molecule has 0 bridgehead atoms. The SMILES string of the molecule is Cc1ccccc1NC(=O)Nc1ccc(CC(=O)N2C(C)CCC2c2ncc(CCC(=O)O)o2)cc1. The zero-order chi connectivity index (χ0) is 25.7. The number of rotatable bonds is 8. The molecule has 1 fully saturated rings. The molecular weight excluding hydrogens is 460 g/mol. The van der Waals surface area contributed by atoms with Gasteiger partial charge >= 0.3 is 12.0 Å². The maximum absolute atomic E-state index is 13.2. The summed E-state index contributed by atoms with van der Waals surface area (Å²) in [5.74, 6) is 0.0295. The Labute approximate surface area is 209 Å². The highest BCUT2D eigenvalue weighted by molar-refractivity contribution is 6.00. The fraction of sp³-hybridized carbons (Fsp3) is 0.333. The first-order chi connectivity index (χ1) is 17.3. The Hall–Kier alpha value is -4.14. The number of likely N-dealkylation sites (tertiary alicyclic amines) is 1. The summed E-state index contributed by atoms with van der Waals surface area (Å²) >= 11 is 0. The molecule has 0 spiro atoms. The average Bonchev–Trinajstić information content (AvgIpc) is 3.47. The third-order valence-corrected chi connectivity index (χ3v) is 6.36. The minimum Gasteiger partial charge on any atom is -0.481 e. The van der Waals surface area contributed by atoms with E-state index in [0.717, 1.165) is 29.7 Å². The topological polar surface area (TPSA) is 125 Å². The number of nitrogens with zero attached hydrogens (tertiary/aromatic N) is 2. The summed E-state index contributed by atoms with van der Waals surface area (Å²) in [6.07, 6.45) is 3.57. The smallest absolute Gasteiger partial charge is 0.323 e. The number of carboxylic acid groups (broad SMARTS) is 1. The van der Waals surface area contributed by atoms with E-state index in [1.54, 1.807) is 18.3 Å². The number of amides is 3. The number of hydrogen-bond acceptors (Lipinski definition) is 5. The zero-order valence-corrected chi connectivity index (χ0v) is 20.4. The van der Waals surface area contributed by atoms with Gasteiger partial charge in [-0.3, -0.25) is 9.59 Å². The molecule has 2 unspecified atom stereocenters. The maximum atomic E-state index is 13.2. The van der Waals surface area contributed by atoms with E-state index in [2.05, 4.69) is 15.6 Å². The van der Waals surface area contributed by atoms with Crippen LogP contribution in [0.4, 0.5) is 16.2 Å². The van der Waals surface area contributed by atoms with Crippen molar-refractivity contribution in [3.05, 3.63) is 77.5 Å². The van der Waals surface area contributed by atoms with Gasteiger partial charge in [0.25, 0.3) is 0 Å². The maximum Gasteiger partial charge on any atom is 0.323 e. The number of aromatic nitrogens is 1. The zero-order valence-electron chi connectivity index (χ0n) is 20.4. The van der Waals surface area contributed by atoms with E-state index in [-0.39, 0.29) is 43.3 Å². The van der Waals surface area contributed by atoms with Crippen molar-refractivity contribution in [2.24, 2.45) is 0 Å². The van der Waals surface area contributed by atoms with Crippen molar-refractivity contribution in [2.45, 2.75) is 58.0 Å². The number of oxazole rings is 1. The number of hydrogen-bond donors (Lipinski definition) is 3. The number of carbonyl (C=O) groups is 3. The van der Waals surface area contributed by atoms with Gasteiger partial charge in [0, 0.05) is 23.8 Å². The average molecular weight is 491 g/mol. The molecule has 0 radical (unpaired) electrons. The van der Waals surface area contributed by atoms with Crippen molar-refractivity contribution in [3.8, 4) is 0 Å². The van der Waals surface area contributed by atoms with Gasteiger partial charge in [0.2, 0.25) is 11.8 Å². The molecule has 0 aliphatic carbocycles. The summed E-state index contributed by atoms with van der Waals surface area (Å²) < 4.78 is 5.79. The lowest BCUT2D eigenvalue weighted by molar-refractivity contribution is -0.137. The number of nitrogens with one attached hydrogen (secondary N) is 2. The summed E-state index contributed by atoms with van der Waals surface area (Å²) in [6.45, 7) is 3.93. The molecule has 36 heavy (non-hydrogen) atoms. The Balaban J connectivity index is 1.36. The van der Waals surface area contributed by atoms with E-state index in [4.69, 9.17) is 9.52 Å². The highest BCUT2D eigenvalue weighted by Crippen LogP contribution is 2.36. The Bertz CT molecular complexity index is 1240. The molecule has 1 saturated heterocycles. The van der Waals surface area contributed by atoms with Gasteiger partial charge < -0.3 is 25.1 Å². The first-order valence-corrected chi connectivity index (χ1v) is 12.0. The molecule has 3 amide bonds. The lowest BCUT2D eigenvalue weighted by atomic mass is 10.1. The van der Waals surface area contributed by atoms with Crippen molar-refractivity contribution >= 4 is 29.3 Å². The first-order valence-electron chi connectivity index (χ1n) is 12.0. The van der Waals surface area contributed by atoms with Crippen molar-refractivity contribution < 1.29 is 23.9 Å². The third kappa shape index (κ3) is 6.10. The second kappa shape index (κ2) is 11.1. The van der Waals surface area contributed by atoms with Gasteiger partial charge in [0.15, 0.2) is 0 Å². The number of benzene rings is 2. The second-order valence-electron chi connectivity index (χ2n) is 9.07. The first kappa shape index (κ1) is 25.0. The largest absolute Gasteiger partial charge is 0.481 e. The Morgan fingerprint density at radius 3 is 2.56 bits per heavy atom. The van der Waals surface area contributed by atoms with Crippen molar-refractivity contribution in [2.75, 3.05) is 10.6 Å². The van der Waals surface area contributed by atoms with E-state index >= 15 is 0 Å². The van der Waals surface area contributed by atoms with Crippen LogP contribution in [-0.4, -0.2) is 38.9 Å². The number of aryl methyl sites for hydroxylation is 2. The molecule has 1 aliphatic rings. The van der Waals surface area contributed by atoms with Crippen LogP contribution >= 0.6 is 0 Å². The van der Waals surface area contributed by atoms with Crippen LogP contribution < -0.4 is 10.6 Å². The molecule has 3 N–H and O–H groups in total. The molecule has 4 rings (SSSR count). The van der Waals surface area contributed by atoms with Gasteiger partial charge in [-0.05, 0) is 56.0 Å². The molecule has 2 atom stereocenters. The minimum absolute atomic E-state index is 0.0310. The molecular formula is C27H30N4O5. The van der Waals surface area contributed by atoms with Gasteiger partial charge in [-0.2, -0.15) is 0 Å². The number of aliphatic carboxylic acids is 1. The van der Waals surface area contributed by atoms with Crippen LogP contribution in [0.5, 0.6) is 0 Å². The summed E-state index contributed by atoms with van der Waals surface area (Å²) in [6, 6.07) is 14.2. The van der Waals surface area contributed by atoms with Crippen molar-refractivity contribution in [1.29, 1.82) is 0 Å². The molecule has 3 aromatic rings. The number of carboxylic acids is 1. The predicted molar refractivity (Wildman–Crippen MR) is 135 cm³/mol. The van der Waals surface area contributed by atoms with E-state index < -0.39 is 5.97 Å². The molecule has 2 heterocycles. The molecule has 1 aliphatic heterocycles. The summed E-state index contributed by atoms with van der Waals surface area (Å²) in [5, 5.41) is 14.5. The van der Waals surface area contributed by atoms with Crippen LogP contribution in [0.1, 0.15) is 55.0 Å². The third-order valence-electron chi connectivity index (χ3n) is 6.36. The fourth-order valence-corrected chi connectivity index (χ4v) is 4.44. The lowest BCUT2D eigenvalue weighted by Crippen LogP contribution is -2.37. The molecule has 2 aromatic carbocycles. The van der Waals surface area contributed by atoms with Crippen LogP contribution in [0.3, 0.4) is 0 Å². The number of anilines is 2. The standard InChI is InChI=1S/C27H30N4O5/c1-17-5-3-4-6-22(17)30-27(35)29-20-10-8-19(9-11-20)15-24(32)31-18(2)7-13-23(31)26-28-16-21(36-26)12-14-25(33)34/h3-6,8-11,16,18,23H,7,12-15H2,1-2H3,(H,33,34)(H2,29,30,35). The van der Waals surface area contributed by atoms with E-state index in [9.17, 15) is 14.4 Å². The highest BCUT2D eigenvalue weighted by atomic mass is 16.4. The molecule has 0 saturated carbocycles. The fourth-order valence-electron chi connectivity index (χ4n) is 4.44. The van der Waals surface area contributed by atoms with Crippen molar-refractivity contribution in [1.82, 2.24) is 9.88 Å². The Kier molecular flexibility index (Phi) is 7.68. The number of urea groups is 1. The quantitative estimate of drug-likeness (QED) is 0.411. The van der Waals surface area contributed by atoms with E-state index in [0.29, 0.717) is 17.3 Å². The Morgan fingerprint density at radius 1 is 1.08 bits per heavy atom. The molecule has 9 heteroatoms. The summed E-state index contributed by atoms with van der Waals surface area (Å²) in [4.78, 5) is 42.5. The number of carbonyl (C=O) groups excluding carboxylic acids is 2. The van der Waals surface area contributed by atoms with E-state index in [1.165, 1.54) is 0 Å². The van der Waals surface area contributed by atoms with Crippen LogP contribution in [-0.2, 0) is 22.4 Å². The predicted octanol–water partition coefficient (Wildman–Crippen LogP) is 4.94. The van der Waals surface area contributed by atoms with Crippen LogP contribution in [0.2, 0.25) is 0 Å². The number of para-hydroxylation sites is 1. The molecule has 188 valence electrons. The minimum atomic E-state index is -0.896. The lowest BCUT2D eigenvalue weighted by Gasteiger charge is -2.27. The normalized spacial score (nSPS) is 17.1. The van der Waals surface area contributed by atoms with Gasteiger partial charge in [0.1, 0.15) is 11.8 Å². The van der Waals surface area contributed by atoms with Crippen LogP contribution in [0, 0.1) is 6.92 Å². The van der Waals surface area contributed by atoms with Crippen LogP contribution in [0.25, 0.3) is 0 Å². The van der Waals surface area contributed by atoms with Crippen LogP contribution in [0.15, 0.2) is 59.1 Å². The van der Waals surface area contributed by atoms with Crippen molar-refractivity contribution in [3.63, 3.8) is 0 Å². The van der Waals surface area contributed by atoms with Gasteiger partial charge in [0.05, 0.1) is 19.0 Å². The summed E-state index contributed by atoms with van der Waals surface area (Å²) in [7, 11) is 0.